The molecule has 1 fully saturated rings. The van der Waals surface area contributed by atoms with Gasteiger partial charge >= 0.3 is 0 Å². The largest absolute Gasteiger partial charge is 0.330 e. The first-order valence-electron chi connectivity index (χ1n) is 4.78. The van der Waals surface area contributed by atoms with Gasteiger partial charge in [-0.15, -0.1) is 0 Å². The topological polar surface area (TPSA) is 43.1 Å². The molecule has 2 nitrogen and oxygen atoms in total. The number of rotatable bonds is 4. The lowest BCUT2D eigenvalue weighted by Gasteiger charge is -2.28. The summed E-state index contributed by atoms with van der Waals surface area (Å²) in [6.07, 6.45) is 4.12. The third-order valence-electron chi connectivity index (χ3n) is 2.77. The van der Waals surface area contributed by atoms with Gasteiger partial charge in [0, 0.05) is 12.3 Å². The molecule has 0 heterocycles. The Kier molecular flexibility index (Phi) is 2.89. The van der Waals surface area contributed by atoms with Crippen LogP contribution < -0.4 is 5.73 Å². The lowest BCUT2D eigenvalue weighted by atomic mass is 9.76. The first-order chi connectivity index (χ1) is 5.55. The van der Waals surface area contributed by atoms with Gasteiger partial charge in [-0.1, -0.05) is 20.3 Å². The van der Waals surface area contributed by atoms with E-state index >= 15 is 0 Å². The summed E-state index contributed by atoms with van der Waals surface area (Å²) in [7, 11) is 0. The minimum atomic E-state index is 0.00662. The molecule has 2 N–H and O–H groups in total. The Morgan fingerprint density at radius 3 is 2.42 bits per heavy atom. The van der Waals surface area contributed by atoms with Crippen molar-refractivity contribution in [3.63, 3.8) is 0 Å². The van der Waals surface area contributed by atoms with E-state index in [0.29, 0.717) is 24.7 Å². The monoisotopic (exact) mass is 169 g/mol. The van der Waals surface area contributed by atoms with Gasteiger partial charge in [0.2, 0.25) is 0 Å². The minimum absolute atomic E-state index is 0.00662. The Hall–Kier alpha value is -0.370. The predicted octanol–water partition coefficient (Wildman–Crippen LogP) is 1.73. The predicted molar refractivity (Wildman–Crippen MR) is 49.8 cm³/mol. The zero-order valence-electron chi connectivity index (χ0n) is 8.10. The molecule has 0 radical (unpaired) electrons. The number of carbonyl (C=O) groups excluding carboxylic acids is 1. The molecule has 0 unspecified atom stereocenters. The molecule has 1 aliphatic carbocycles. The Bertz CT molecular complexity index is 171. The molecule has 2 heteroatoms. The highest BCUT2D eigenvalue weighted by Crippen LogP contribution is 2.31. The molecule has 0 bridgehead atoms. The van der Waals surface area contributed by atoms with E-state index in [1.807, 2.05) is 0 Å². The summed E-state index contributed by atoms with van der Waals surface area (Å²) >= 11 is 0. The van der Waals surface area contributed by atoms with E-state index in [4.69, 9.17) is 5.73 Å². The van der Waals surface area contributed by atoms with E-state index in [2.05, 4.69) is 13.8 Å². The number of ketones is 1. The number of hydrogen-bond donors (Lipinski definition) is 1. The second-order valence-electron chi connectivity index (χ2n) is 4.64. The molecule has 1 saturated carbocycles. The second kappa shape index (κ2) is 3.56. The van der Waals surface area contributed by atoms with Crippen molar-refractivity contribution >= 4 is 5.78 Å². The maximum atomic E-state index is 11.5. The van der Waals surface area contributed by atoms with Gasteiger partial charge in [0.05, 0.1) is 0 Å². The van der Waals surface area contributed by atoms with E-state index in [1.165, 1.54) is 6.42 Å². The molecule has 70 valence electrons. The van der Waals surface area contributed by atoms with Gasteiger partial charge in [-0.2, -0.15) is 0 Å². The van der Waals surface area contributed by atoms with E-state index in [1.54, 1.807) is 0 Å². The standard InChI is InChI=1S/C10H19NO/c1-10(2,7-11)6-9(12)8-4-3-5-8/h8H,3-7,11H2,1-2H3. The van der Waals surface area contributed by atoms with E-state index in [-0.39, 0.29) is 5.41 Å². The molecule has 1 aliphatic rings. The van der Waals surface area contributed by atoms with Crippen LogP contribution in [0.3, 0.4) is 0 Å². The van der Waals surface area contributed by atoms with Gasteiger partial charge in [-0.05, 0) is 24.8 Å². The van der Waals surface area contributed by atoms with E-state index in [0.717, 1.165) is 12.8 Å². The maximum Gasteiger partial charge on any atom is 0.136 e. The Morgan fingerprint density at radius 2 is 2.08 bits per heavy atom. The summed E-state index contributed by atoms with van der Waals surface area (Å²) in [5.41, 5.74) is 5.57. The van der Waals surface area contributed by atoms with Gasteiger partial charge in [0.15, 0.2) is 0 Å². The fraction of sp³-hybridized carbons (Fsp3) is 0.900. The molecule has 0 aromatic carbocycles. The van der Waals surface area contributed by atoms with E-state index < -0.39 is 0 Å². The highest BCUT2D eigenvalue weighted by molar-refractivity contribution is 5.82. The van der Waals surface area contributed by atoms with Crippen LogP contribution in [-0.4, -0.2) is 12.3 Å². The smallest absolute Gasteiger partial charge is 0.136 e. The zero-order chi connectivity index (χ0) is 9.19. The third-order valence-corrected chi connectivity index (χ3v) is 2.77. The Labute approximate surface area is 74.5 Å². The molecule has 12 heavy (non-hydrogen) atoms. The van der Waals surface area contributed by atoms with Crippen LogP contribution in [0.4, 0.5) is 0 Å². The lowest BCUT2D eigenvalue weighted by Crippen LogP contribution is -2.31. The highest BCUT2D eigenvalue weighted by atomic mass is 16.1. The van der Waals surface area contributed by atoms with Crippen LogP contribution in [0.15, 0.2) is 0 Å². The molecular weight excluding hydrogens is 150 g/mol. The van der Waals surface area contributed by atoms with Crippen molar-refractivity contribution in [2.45, 2.75) is 39.5 Å². The molecule has 0 atom stereocenters. The van der Waals surface area contributed by atoms with Crippen LogP contribution in [0.25, 0.3) is 0 Å². The van der Waals surface area contributed by atoms with Crippen molar-refractivity contribution in [3.8, 4) is 0 Å². The molecule has 0 aliphatic heterocycles. The highest BCUT2D eigenvalue weighted by Gasteiger charge is 2.29. The Morgan fingerprint density at radius 1 is 1.50 bits per heavy atom. The molecule has 0 aromatic heterocycles. The fourth-order valence-electron chi connectivity index (χ4n) is 1.42. The average molecular weight is 169 g/mol. The maximum absolute atomic E-state index is 11.5. The van der Waals surface area contributed by atoms with Crippen LogP contribution in [0.2, 0.25) is 0 Å². The van der Waals surface area contributed by atoms with Crippen LogP contribution in [0, 0.1) is 11.3 Å². The molecule has 0 aromatic rings. The van der Waals surface area contributed by atoms with Gasteiger partial charge in [-0.3, -0.25) is 4.79 Å². The molecular formula is C10H19NO. The number of nitrogens with two attached hydrogens (primary N) is 1. The number of hydrogen-bond acceptors (Lipinski definition) is 2. The van der Waals surface area contributed by atoms with Crippen LogP contribution in [0.1, 0.15) is 39.5 Å². The van der Waals surface area contributed by atoms with Crippen molar-refractivity contribution < 1.29 is 4.79 Å². The lowest BCUT2D eigenvalue weighted by molar-refractivity contribution is -0.127. The quantitative estimate of drug-likeness (QED) is 0.696. The third kappa shape index (κ3) is 2.31. The summed E-state index contributed by atoms with van der Waals surface area (Å²) in [5, 5.41) is 0. The summed E-state index contributed by atoms with van der Waals surface area (Å²) in [5.74, 6) is 0.799. The molecule has 0 spiro atoms. The van der Waals surface area contributed by atoms with Crippen LogP contribution in [0.5, 0.6) is 0 Å². The van der Waals surface area contributed by atoms with Crippen molar-refractivity contribution in [3.05, 3.63) is 0 Å². The number of Topliss-reactive ketones (excluding diaryl/α,β-unsaturated/α-hetero) is 1. The first-order valence-corrected chi connectivity index (χ1v) is 4.78. The summed E-state index contributed by atoms with van der Waals surface area (Å²) in [6.45, 7) is 4.72. The van der Waals surface area contributed by atoms with Gasteiger partial charge in [0.25, 0.3) is 0 Å². The van der Waals surface area contributed by atoms with Gasteiger partial charge in [0.1, 0.15) is 5.78 Å². The number of carbonyl (C=O) groups is 1. The van der Waals surface area contributed by atoms with E-state index in [9.17, 15) is 4.79 Å². The fourth-order valence-corrected chi connectivity index (χ4v) is 1.42. The van der Waals surface area contributed by atoms with Crippen molar-refractivity contribution in [1.82, 2.24) is 0 Å². The van der Waals surface area contributed by atoms with Gasteiger partial charge in [-0.25, -0.2) is 0 Å². The average Bonchev–Trinajstić information content (AvgIpc) is 1.82. The Balaban J connectivity index is 2.34. The molecule has 0 amide bonds. The van der Waals surface area contributed by atoms with Gasteiger partial charge < -0.3 is 5.73 Å². The summed E-state index contributed by atoms with van der Waals surface area (Å²) < 4.78 is 0. The van der Waals surface area contributed by atoms with Crippen molar-refractivity contribution in [2.75, 3.05) is 6.54 Å². The molecule has 0 saturated heterocycles. The SMILES string of the molecule is CC(C)(CN)CC(=O)C1CCC1. The summed E-state index contributed by atoms with van der Waals surface area (Å²) in [6, 6.07) is 0. The van der Waals surface area contributed by atoms with Crippen molar-refractivity contribution in [2.24, 2.45) is 17.1 Å². The second-order valence-corrected chi connectivity index (χ2v) is 4.64. The summed E-state index contributed by atoms with van der Waals surface area (Å²) in [4.78, 5) is 11.5. The normalized spacial score (nSPS) is 18.9. The minimum Gasteiger partial charge on any atom is -0.330 e. The zero-order valence-corrected chi connectivity index (χ0v) is 8.10. The molecule has 1 rings (SSSR count). The first kappa shape index (κ1) is 9.72. The van der Waals surface area contributed by atoms with Crippen LogP contribution in [-0.2, 0) is 4.79 Å². The van der Waals surface area contributed by atoms with Crippen molar-refractivity contribution in [1.29, 1.82) is 0 Å². The van der Waals surface area contributed by atoms with Crippen LogP contribution >= 0.6 is 0 Å².